The molecule has 0 amide bonds. The van der Waals surface area contributed by atoms with E-state index >= 15 is 0 Å². The van der Waals surface area contributed by atoms with Crippen LogP contribution in [0, 0.1) is 6.92 Å². The van der Waals surface area contributed by atoms with Gasteiger partial charge in [0.15, 0.2) is 0 Å². The molecular formula is C10H13NO. The zero-order chi connectivity index (χ0) is 8.97. The third-order valence-corrected chi connectivity index (χ3v) is 1.59. The number of aliphatic imine (C=N–C) groups is 1. The molecule has 0 aromatic heterocycles. The summed E-state index contributed by atoms with van der Waals surface area (Å²) in [5, 5.41) is 9.11. The summed E-state index contributed by atoms with van der Waals surface area (Å²) in [5.41, 5.74) is 1.93. The Bertz CT molecular complexity index is 292. The molecule has 2 heteroatoms. The Kier molecular flexibility index (Phi) is 2.86. The predicted octanol–water partition coefficient (Wildman–Crippen LogP) is 2.81. The zero-order valence-electron chi connectivity index (χ0n) is 7.41. The van der Waals surface area contributed by atoms with Crippen LogP contribution >= 0.6 is 0 Å². The van der Waals surface area contributed by atoms with Crippen LogP contribution in [0.5, 0.6) is 5.75 Å². The largest absolute Gasteiger partial charge is 0.508 e. The average Bonchev–Trinajstić information content (AvgIpc) is 2.03. The molecule has 0 spiro atoms. The van der Waals surface area contributed by atoms with Crippen molar-refractivity contribution in [3.8, 4) is 5.75 Å². The molecule has 0 atom stereocenters. The van der Waals surface area contributed by atoms with Gasteiger partial charge in [-0.1, -0.05) is 6.92 Å². The Morgan fingerprint density at radius 2 is 2.25 bits per heavy atom. The van der Waals surface area contributed by atoms with Crippen molar-refractivity contribution in [1.29, 1.82) is 0 Å². The first-order valence-electron chi connectivity index (χ1n) is 4.06. The van der Waals surface area contributed by atoms with Gasteiger partial charge in [0.25, 0.3) is 0 Å². The van der Waals surface area contributed by atoms with E-state index in [2.05, 4.69) is 4.99 Å². The minimum Gasteiger partial charge on any atom is -0.508 e. The summed E-state index contributed by atoms with van der Waals surface area (Å²) in [6, 6.07) is 5.18. The molecule has 1 N–H and O–H groups in total. The van der Waals surface area contributed by atoms with Gasteiger partial charge in [-0.05, 0) is 37.1 Å². The Labute approximate surface area is 72.6 Å². The van der Waals surface area contributed by atoms with Gasteiger partial charge in [0.2, 0.25) is 0 Å². The first-order valence-corrected chi connectivity index (χ1v) is 4.06. The molecule has 64 valence electrons. The first kappa shape index (κ1) is 8.78. The molecular weight excluding hydrogens is 150 g/mol. The zero-order valence-corrected chi connectivity index (χ0v) is 7.41. The molecule has 0 heterocycles. The maximum atomic E-state index is 9.11. The SMILES string of the molecule is CCC=Nc1ccc(O)cc1C. The lowest BCUT2D eigenvalue weighted by Crippen LogP contribution is -1.75. The number of phenols is 1. The molecule has 12 heavy (non-hydrogen) atoms. The van der Waals surface area contributed by atoms with E-state index in [0.29, 0.717) is 5.75 Å². The van der Waals surface area contributed by atoms with Crippen molar-refractivity contribution in [2.45, 2.75) is 20.3 Å². The smallest absolute Gasteiger partial charge is 0.115 e. The highest BCUT2D eigenvalue weighted by molar-refractivity contribution is 5.64. The van der Waals surface area contributed by atoms with Gasteiger partial charge in [0.05, 0.1) is 5.69 Å². The van der Waals surface area contributed by atoms with Crippen LogP contribution in [-0.4, -0.2) is 11.3 Å². The summed E-state index contributed by atoms with van der Waals surface area (Å²) in [6.07, 6.45) is 2.79. The number of phenolic OH excluding ortho intramolecular Hbond substituents is 1. The van der Waals surface area contributed by atoms with Gasteiger partial charge < -0.3 is 5.11 Å². The van der Waals surface area contributed by atoms with E-state index in [1.165, 1.54) is 0 Å². The molecule has 0 unspecified atom stereocenters. The molecule has 0 aliphatic heterocycles. The van der Waals surface area contributed by atoms with Gasteiger partial charge in [-0.15, -0.1) is 0 Å². The molecule has 0 radical (unpaired) electrons. The predicted molar refractivity (Wildman–Crippen MR) is 51.3 cm³/mol. The van der Waals surface area contributed by atoms with Crippen molar-refractivity contribution in [3.63, 3.8) is 0 Å². The Hall–Kier alpha value is -1.31. The molecule has 2 nitrogen and oxygen atoms in total. The van der Waals surface area contributed by atoms with Crippen LogP contribution in [0.25, 0.3) is 0 Å². The fraction of sp³-hybridized carbons (Fsp3) is 0.300. The lowest BCUT2D eigenvalue weighted by atomic mass is 10.2. The molecule has 0 aliphatic carbocycles. The van der Waals surface area contributed by atoms with E-state index in [4.69, 9.17) is 5.11 Å². The molecule has 1 aromatic rings. The normalized spacial score (nSPS) is 10.8. The number of aryl methyl sites for hydroxylation is 1. The minimum absolute atomic E-state index is 0.294. The molecule has 0 bridgehead atoms. The Balaban J connectivity index is 2.94. The lowest BCUT2D eigenvalue weighted by Gasteiger charge is -1.99. The van der Waals surface area contributed by atoms with Crippen LogP contribution in [0.15, 0.2) is 23.2 Å². The summed E-state index contributed by atoms with van der Waals surface area (Å²) in [5.74, 6) is 0.294. The fourth-order valence-corrected chi connectivity index (χ4v) is 0.974. The number of nitrogens with zero attached hydrogens (tertiary/aromatic N) is 1. The van der Waals surface area contributed by atoms with Gasteiger partial charge in [-0.2, -0.15) is 0 Å². The van der Waals surface area contributed by atoms with Gasteiger partial charge in [-0.3, -0.25) is 4.99 Å². The number of hydrogen-bond acceptors (Lipinski definition) is 2. The first-order chi connectivity index (χ1) is 5.74. The van der Waals surface area contributed by atoms with Gasteiger partial charge >= 0.3 is 0 Å². The second-order valence-electron chi connectivity index (χ2n) is 2.69. The summed E-state index contributed by atoms with van der Waals surface area (Å²) in [7, 11) is 0. The van der Waals surface area contributed by atoms with Crippen molar-refractivity contribution in [1.82, 2.24) is 0 Å². The van der Waals surface area contributed by atoms with Crippen LogP contribution in [-0.2, 0) is 0 Å². The monoisotopic (exact) mass is 163 g/mol. The van der Waals surface area contributed by atoms with Crippen molar-refractivity contribution >= 4 is 11.9 Å². The van der Waals surface area contributed by atoms with Gasteiger partial charge in [0.1, 0.15) is 5.75 Å². The number of aromatic hydroxyl groups is 1. The second-order valence-corrected chi connectivity index (χ2v) is 2.69. The highest BCUT2D eigenvalue weighted by Gasteiger charge is 1.95. The van der Waals surface area contributed by atoms with Crippen LogP contribution < -0.4 is 0 Å². The number of rotatable bonds is 2. The summed E-state index contributed by atoms with van der Waals surface area (Å²) in [6.45, 7) is 3.97. The van der Waals surface area contributed by atoms with E-state index < -0.39 is 0 Å². The minimum atomic E-state index is 0.294. The second kappa shape index (κ2) is 3.90. The summed E-state index contributed by atoms with van der Waals surface area (Å²) in [4.78, 5) is 4.23. The van der Waals surface area contributed by atoms with Crippen molar-refractivity contribution in [3.05, 3.63) is 23.8 Å². The fourth-order valence-electron chi connectivity index (χ4n) is 0.974. The lowest BCUT2D eigenvalue weighted by molar-refractivity contribution is 0.475. The highest BCUT2D eigenvalue weighted by Crippen LogP contribution is 2.22. The topological polar surface area (TPSA) is 32.6 Å². The molecule has 1 rings (SSSR count). The van der Waals surface area contributed by atoms with Crippen molar-refractivity contribution in [2.75, 3.05) is 0 Å². The van der Waals surface area contributed by atoms with Gasteiger partial charge in [0, 0.05) is 6.21 Å². The Morgan fingerprint density at radius 3 is 2.83 bits per heavy atom. The molecule has 0 fully saturated rings. The Morgan fingerprint density at radius 1 is 1.50 bits per heavy atom. The van der Waals surface area contributed by atoms with E-state index in [1.807, 2.05) is 26.1 Å². The van der Waals surface area contributed by atoms with E-state index in [0.717, 1.165) is 17.7 Å². The van der Waals surface area contributed by atoms with Crippen LogP contribution in [0.1, 0.15) is 18.9 Å². The number of hydrogen-bond donors (Lipinski definition) is 1. The van der Waals surface area contributed by atoms with E-state index in [9.17, 15) is 0 Å². The van der Waals surface area contributed by atoms with Crippen molar-refractivity contribution < 1.29 is 5.11 Å². The molecule has 0 saturated heterocycles. The quantitative estimate of drug-likeness (QED) is 0.668. The van der Waals surface area contributed by atoms with Crippen molar-refractivity contribution in [2.24, 2.45) is 4.99 Å². The highest BCUT2D eigenvalue weighted by atomic mass is 16.3. The standard InChI is InChI=1S/C10H13NO/c1-3-6-11-10-5-4-9(12)7-8(10)2/h4-7,12H,3H2,1-2H3. The van der Waals surface area contributed by atoms with E-state index in [-0.39, 0.29) is 0 Å². The maximum absolute atomic E-state index is 9.11. The summed E-state index contributed by atoms with van der Waals surface area (Å²) < 4.78 is 0. The third kappa shape index (κ3) is 2.09. The molecule has 1 aromatic carbocycles. The van der Waals surface area contributed by atoms with E-state index in [1.54, 1.807) is 12.1 Å². The van der Waals surface area contributed by atoms with Gasteiger partial charge in [-0.25, -0.2) is 0 Å². The average molecular weight is 163 g/mol. The third-order valence-electron chi connectivity index (χ3n) is 1.59. The summed E-state index contributed by atoms with van der Waals surface area (Å²) >= 11 is 0. The van der Waals surface area contributed by atoms with Crippen LogP contribution in [0.3, 0.4) is 0 Å². The number of benzene rings is 1. The molecule has 0 saturated carbocycles. The van der Waals surface area contributed by atoms with Crippen LogP contribution in [0.4, 0.5) is 5.69 Å². The molecule has 0 aliphatic rings. The maximum Gasteiger partial charge on any atom is 0.115 e. The van der Waals surface area contributed by atoms with Crippen LogP contribution in [0.2, 0.25) is 0 Å².